The van der Waals surface area contributed by atoms with Crippen LogP contribution in [-0.4, -0.2) is 13.6 Å². The lowest BCUT2D eigenvalue weighted by Crippen LogP contribution is -2.11. The standard InChI is InChI=1S/C15H13ClN2O3S2/c1-9-3-4-12(11(16)7-9)18-23(19,20)15-6-5-14(22-15)13-8-10(2)17-21-13/h3-8,18H,1-2H3. The van der Waals surface area contributed by atoms with Gasteiger partial charge in [0.1, 0.15) is 4.21 Å². The van der Waals surface area contributed by atoms with Gasteiger partial charge in [0, 0.05) is 6.07 Å². The Morgan fingerprint density at radius 1 is 1.17 bits per heavy atom. The predicted octanol–water partition coefficient (Wildman–Crippen LogP) is 4.47. The Bertz CT molecular complexity index is 961. The maximum atomic E-state index is 12.5. The zero-order valence-electron chi connectivity index (χ0n) is 12.3. The summed E-state index contributed by atoms with van der Waals surface area (Å²) in [5.41, 5.74) is 2.04. The van der Waals surface area contributed by atoms with Gasteiger partial charge in [0.25, 0.3) is 10.0 Å². The molecular weight excluding hydrogens is 356 g/mol. The first-order valence-electron chi connectivity index (χ1n) is 6.68. The van der Waals surface area contributed by atoms with Crippen LogP contribution in [0.3, 0.4) is 0 Å². The van der Waals surface area contributed by atoms with Crippen molar-refractivity contribution >= 4 is 38.6 Å². The number of aryl methyl sites for hydroxylation is 2. The summed E-state index contributed by atoms with van der Waals surface area (Å²) >= 11 is 7.19. The van der Waals surface area contributed by atoms with E-state index in [1.165, 1.54) is 6.07 Å². The van der Waals surface area contributed by atoms with Gasteiger partial charge in [-0.1, -0.05) is 22.8 Å². The molecule has 0 aliphatic carbocycles. The van der Waals surface area contributed by atoms with Crippen LogP contribution >= 0.6 is 22.9 Å². The number of hydrogen-bond acceptors (Lipinski definition) is 5. The highest BCUT2D eigenvalue weighted by molar-refractivity contribution is 7.94. The number of hydrogen-bond donors (Lipinski definition) is 1. The van der Waals surface area contributed by atoms with E-state index in [1.807, 2.05) is 6.92 Å². The topological polar surface area (TPSA) is 72.2 Å². The zero-order chi connectivity index (χ0) is 16.6. The fourth-order valence-corrected chi connectivity index (χ4v) is 4.65. The van der Waals surface area contributed by atoms with Crippen LogP contribution in [0.15, 0.2) is 45.1 Å². The number of aromatic nitrogens is 1. The van der Waals surface area contributed by atoms with Gasteiger partial charge in [0.05, 0.1) is 21.3 Å². The van der Waals surface area contributed by atoms with Crippen LogP contribution in [0.2, 0.25) is 5.02 Å². The molecule has 0 aliphatic heterocycles. The molecule has 1 N–H and O–H groups in total. The quantitative estimate of drug-likeness (QED) is 0.737. The molecular formula is C15H13ClN2O3S2. The third kappa shape index (κ3) is 3.41. The summed E-state index contributed by atoms with van der Waals surface area (Å²) in [5, 5.41) is 4.16. The summed E-state index contributed by atoms with van der Waals surface area (Å²) in [7, 11) is -3.71. The molecule has 0 saturated carbocycles. The minimum atomic E-state index is -3.71. The number of halogens is 1. The highest BCUT2D eigenvalue weighted by Crippen LogP contribution is 2.33. The monoisotopic (exact) mass is 368 g/mol. The second-order valence-corrected chi connectivity index (χ2v) is 8.44. The summed E-state index contributed by atoms with van der Waals surface area (Å²) in [6, 6.07) is 10.1. The summed E-state index contributed by atoms with van der Waals surface area (Å²) < 4.78 is 32.8. The zero-order valence-corrected chi connectivity index (χ0v) is 14.7. The number of rotatable bonds is 4. The van der Waals surface area contributed by atoms with Gasteiger partial charge in [0.15, 0.2) is 5.76 Å². The third-order valence-electron chi connectivity index (χ3n) is 3.09. The Hall–Kier alpha value is -1.83. The molecule has 0 radical (unpaired) electrons. The van der Waals surface area contributed by atoms with E-state index in [-0.39, 0.29) is 4.21 Å². The number of nitrogens with one attached hydrogen (secondary N) is 1. The molecule has 23 heavy (non-hydrogen) atoms. The largest absolute Gasteiger partial charge is 0.355 e. The van der Waals surface area contributed by atoms with Crippen molar-refractivity contribution in [3.63, 3.8) is 0 Å². The second kappa shape index (κ2) is 5.99. The molecule has 3 aromatic rings. The van der Waals surface area contributed by atoms with E-state index in [9.17, 15) is 8.42 Å². The highest BCUT2D eigenvalue weighted by atomic mass is 35.5. The van der Waals surface area contributed by atoms with Gasteiger partial charge in [0.2, 0.25) is 0 Å². The molecule has 3 rings (SSSR count). The van der Waals surface area contributed by atoms with Crippen molar-refractivity contribution < 1.29 is 12.9 Å². The van der Waals surface area contributed by atoms with E-state index in [1.54, 1.807) is 37.3 Å². The number of nitrogens with zero attached hydrogens (tertiary/aromatic N) is 1. The van der Waals surface area contributed by atoms with Crippen LogP contribution in [-0.2, 0) is 10.0 Å². The molecule has 2 heterocycles. The van der Waals surface area contributed by atoms with Crippen LogP contribution in [0.4, 0.5) is 5.69 Å². The lowest BCUT2D eigenvalue weighted by atomic mass is 10.2. The van der Waals surface area contributed by atoms with E-state index in [0.717, 1.165) is 22.6 Å². The maximum Gasteiger partial charge on any atom is 0.271 e. The van der Waals surface area contributed by atoms with E-state index in [4.69, 9.17) is 16.1 Å². The Morgan fingerprint density at radius 2 is 1.96 bits per heavy atom. The summed E-state index contributed by atoms with van der Waals surface area (Å²) in [6.45, 7) is 3.69. The Morgan fingerprint density at radius 3 is 2.61 bits per heavy atom. The molecule has 8 heteroatoms. The van der Waals surface area contributed by atoms with Crippen molar-refractivity contribution in [3.8, 4) is 10.6 Å². The Kier molecular flexibility index (Phi) is 4.18. The van der Waals surface area contributed by atoms with Gasteiger partial charge in [-0.25, -0.2) is 8.42 Å². The maximum absolute atomic E-state index is 12.5. The summed E-state index contributed by atoms with van der Waals surface area (Å²) in [6.07, 6.45) is 0. The molecule has 5 nitrogen and oxygen atoms in total. The minimum Gasteiger partial charge on any atom is -0.355 e. The first-order chi connectivity index (χ1) is 10.8. The molecule has 0 spiro atoms. The molecule has 0 bridgehead atoms. The first kappa shape index (κ1) is 16.0. The number of anilines is 1. The lowest BCUT2D eigenvalue weighted by molar-refractivity contribution is 0.428. The molecule has 0 atom stereocenters. The van der Waals surface area contributed by atoms with Crippen molar-refractivity contribution in [2.24, 2.45) is 0 Å². The van der Waals surface area contributed by atoms with Gasteiger partial charge in [-0.05, 0) is 43.7 Å². The molecule has 0 aliphatic rings. The minimum absolute atomic E-state index is 0.179. The van der Waals surface area contributed by atoms with Crippen LogP contribution in [0.5, 0.6) is 0 Å². The molecule has 0 fully saturated rings. The first-order valence-corrected chi connectivity index (χ1v) is 9.35. The van der Waals surface area contributed by atoms with Crippen molar-refractivity contribution in [3.05, 3.63) is 52.7 Å². The summed E-state index contributed by atoms with van der Waals surface area (Å²) in [5.74, 6) is 0.544. The number of thiophene rings is 1. The number of benzene rings is 1. The molecule has 120 valence electrons. The SMILES string of the molecule is Cc1ccc(NS(=O)(=O)c2ccc(-c3cc(C)no3)s2)c(Cl)c1. The van der Waals surface area contributed by atoms with Gasteiger partial charge in [-0.15, -0.1) is 11.3 Å². The predicted molar refractivity (Wildman–Crippen MR) is 91.6 cm³/mol. The van der Waals surface area contributed by atoms with Gasteiger partial charge in [-0.2, -0.15) is 0 Å². The molecule has 0 amide bonds. The van der Waals surface area contributed by atoms with Crippen LogP contribution < -0.4 is 4.72 Å². The fraction of sp³-hybridized carbons (Fsp3) is 0.133. The normalized spacial score (nSPS) is 11.6. The molecule has 0 unspecified atom stereocenters. The van der Waals surface area contributed by atoms with Crippen LogP contribution in [0, 0.1) is 13.8 Å². The van der Waals surface area contributed by atoms with Crippen molar-refractivity contribution in [2.45, 2.75) is 18.1 Å². The molecule has 2 aromatic heterocycles. The van der Waals surface area contributed by atoms with Crippen LogP contribution in [0.25, 0.3) is 10.6 Å². The Labute approximate surface area is 142 Å². The highest BCUT2D eigenvalue weighted by Gasteiger charge is 2.20. The van der Waals surface area contributed by atoms with E-state index in [0.29, 0.717) is 21.3 Å². The van der Waals surface area contributed by atoms with Crippen molar-refractivity contribution in [2.75, 3.05) is 4.72 Å². The van der Waals surface area contributed by atoms with Crippen molar-refractivity contribution in [1.29, 1.82) is 0 Å². The van der Waals surface area contributed by atoms with E-state index >= 15 is 0 Å². The molecule has 0 saturated heterocycles. The number of sulfonamides is 1. The fourth-order valence-electron chi connectivity index (χ4n) is 1.97. The van der Waals surface area contributed by atoms with E-state index < -0.39 is 10.0 Å². The molecule has 1 aromatic carbocycles. The van der Waals surface area contributed by atoms with Crippen molar-refractivity contribution in [1.82, 2.24) is 5.16 Å². The third-order valence-corrected chi connectivity index (χ3v) is 6.36. The second-order valence-electron chi connectivity index (χ2n) is 5.04. The van der Waals surface area contributed by atoms with Gasteiger partial charge >= 0.3 is 0 Å². The lowest BCUT2D eigenvalue weighted by Gasteiger charge is -2.08. The average molecular weight is 369 g/mol. The van der Waals surface area contributed by atoms with Crippen LogP contribution in [0.1, 0.15) is 11.3 Å². The van der Waals surface area contributed by atoms with Gasteiger partial charge in [-0.3, -0.25) is 4.72 Å². The average Bonchev–Trinajstić information content (AvgIpc) is 3.10. The Balaban J connectivity index is 1.89. The van der Waals surface area contributed by atoms with E-state index in [2.05, 4.69) is 9.88 Å². The summed E-state index contributed by atoms with van der Waals surface area (Å²) in [4.78, 5) is 0.695. The smallest absolute Gasteiger partial charge is 0.271 e. The van der Waals surface area contributed by atoms with Gasteiger partial charge < -0.3 is 4.52 Å².